The van der Waals surface area contributed by atoms with Crippen molar-refractivity contribution < 1.29 is 8.81 Å². The fraction of sp³-hybridized carbons (Fsp3) is 0.556. The molecule has 1 aromatic carbocycles. The second-order valence-corrected chi connectivity index (χ2v) is 5.66. The lowest BCUT2D eigenvalue weighted by Gasteiger charge is -2.16. The van der Waals surface area contributed by atoms with E-state index in [-0.39, 0.29) is 11.9 Å². The van der Waals surface area contributed by atoms with Crippen LogP contribution in [0, 0.1) is 5.82 Å². The molecule has 0 aliphatic rings. The van der Waals surface area contributed by atoms with Crippen molar-refractivity contribution in [2.45, 2.75) is 58.4 Å². The van der Waals surface area contributed by atoms with Gasteiger partial charge in [-0.15, -0.1) is 0 Å². The molecule has 0 spiro atoms. The topological polar surface area (TPSA) is 25.2 Å². The molecular formula is C18H26FNO. The minimum atomic E-state index is -0.279. The molecule has 2 aromatic rings. The minimum Gasteiger partial charge on any atom is -0.456 e. The van der Waals surface area contributed by atoms with Gasteiger partial charge < -0.3 is 9.73 Å². The number of hydrogen-bond acceptors (Lipinski definition) is 2. The lowest BCUT2D eigenvalue weighted by Crippen LogP contribution is -2.21. The van der Waals surface area contributed by atoms with Crippen molar-refractivity contribution in [1.82, 2.24) is 5.32 Å². The fourth-order valence-corrected chi connectivity index (χ4v) is 2.66. The zero-order valence-electron chi connectivity index (χ0n) is 13.1. The summed E-state index contributed by atoms with van der Waals surface area (Å²) in [6.07, 6.45) is 7.06. The monoisotopic (exact) mass is 291 g/mol. The molecule has 1 heterocycles. The van der Waals surface area contributed by atoms with E-state index in [1.54, 1.807) is 6.07 Å². The van der Waals surface area contributed by atoms with Crippen LogP contribution in [0.2, 0.25) is 0 Å². The molecule has 116 valence electrons. The van der Waals surface area contributed by atoms with Crippen molar-refractivity contribution in [3.05, 3.63) is 35.8 Å². The minimum absolute atomic E-state index is 0.189. The zero-order chi connectivity index (χ0) is 15.1. The van der Waals surface area contributed by atoms with Gasteiger partial charge in [-0.05, 0) is 31.5 Å². The van der Waals surface area contributed by atoms with E-state index in [1.807, 2.05) is 12.1 Å². The second kappa shape index (κ2) is 8.18. The second-order valence-electron chi connectivity index (χ2n) is 5.66. The summed E-state index contributed by atoms with van der Waals surface area (Å²) in [5, 5.41) is 4.38. The Balaban J connectivity index is 2.11. The highest BCUT2D eigenvalue weighted by atomic mass is 19.1. The predicted octanol–water partition coefficient (Wildman–Crippen LogP) is 5.58. The largest absolute Gasteiger partial charge is 0.456 e. The summed E-state index contributed by atoms with van der Waals surface area (Å²) in [4.78, 5) is 0. The molecule has 1 N–H and O–H groups in total. The molecule has 3 heteroatoms. The molecule has 1 atom stereocenters. The number of halogens is 1. The zero-order valence-corrected chi connectivity index (χ0v) is 13.1. The summed E-state index contributed by atoms with van der Waals surface area (Å²) in [6, 6.07) is 7.25. The van der Waals surface area contributed by atoms with Crippen LogP contribution in [0.1, 0.15) is 64.2 Å². The van der Waals surface area contributed by atoms with Crippen LogP contribution in [-0.4, -0.2) is 6.54 Å². The van der Waals surface area contributed by atoms with Crippen LogP contribution in [0.25, 0.3) is 11.0 Å². The van der Waals surface area contributed by atoms with Gasteiger partial charge in [-0.25, -0.2) is 4.39 Å². The summed E-state index contributed by atoms with van der Waals surface area (Å²) >= 11 is 0. The van der Waals surface area contributed by atoms with Crippen LogP contribution in [0.4, 0.5) is 4.39 Å². The lowest BCUT2D eigenvalue weighted by molar-refractivity contribution is 0.393. The van der Waals surface area contributed by atoms with Gasteiger partial charge in [-0.1, -0.05) is 51.7 Å². The Morgan fingerprint density at radius 1 is 1.14 bits per heavy atom. The van der Waals surface area contributed by atoms with E-state index in [1.165, 1.54) is 31.7 Å². The Hall–Kier alpha value is -1.35. The van der Waals surface area contributed by atoms with Crippen molar-refractivity contribution in [2.75, 3.05) is 6.54 Å². The molecule has 0 aliphatic heterocycles. The van der Waals surface area contributed by atoms with Gasteiger partial charge in [0, 0.05) is 5.39 Å². The van der Waals surface area contributed by atoms with Gasteiger partial charge in [0.25, 0.3) is 0 Å². The van der Waals surface area contributed by atoms with E-state index < -0.39 is 0 Å². The van der Waals surface area contributed by atoms with Crippen LogP contribution < -0.4 is 5.32 Å². The van der Waals surface area contributed by atoms with Gasteiger partial charge in [-0.2, -0.15) is 0 Å². The van der Waals surface area contributed by atoms with Crippen LogP contribution in [0.15, 0.2) is 28.7 Å². The van der Waals surface area contributed by atoms with Crippen LogP contribution in [-0.2, 0) is 0 Å². The molecule has 21 heavy (non-hydrogen) atoms. The van der Waals surface area contributed by atoms with Gasteiger partial charge in [0.05, 0.1) is 6.04 Å². The van der Waals surface area contributed by atoms with E-state index in [0.717, 1.165) is 30.5 Å². The smallest absolute Gasteiger partial charge is 0.169 e. The molecule has 0 bridgehead atoms. The van der Waals surface area contributed by atoms with Gasteiger partial charge in [0.15, 0.2) is 11.4 Å². The summed E-state index contributed by atoms with van der Waals surface area (Å²) < 4.78 is 19.5. The van der Waals surface area contributed by atoms with Crippen LogP contribution in [0.5, 0.6) is 0 Å². The Labute approximate surface area is 126 Å². The molecule has 1 unspecified atom stereocenters. The molecule has 2 nitrogen and oxygen atoms in total. The molecule has 0 radical (unpaired) electrons. The van der Waals surface area contributed by atoms with E-state index >= 15 is 0 Å². The Bertz CT molecular complexity index is 549. The number of unbranched alkanes of at least 4 members (excludes halogenated alkanes) is 3. The first-order chi connectivity index (χ1) is 10.3. The van der Waals surface area contributed by atoms with Gasteiger partial charge in [0.2, 0.25) is 0 Å². The van der Waals surface area contributed by atoms with Crippen LogP contribution >= 0.6 is 0 Å². The number of fused-ring (bicyclic) bond motifs is 1. The van der Waals surface area contributed by atoms with Gasteiger partial charge >= 0.3 is 0 Å². The maximum absolute atomic E-state index is 13.8. The standard InChI is InChI=1S/C18H26FNO/c1-3-5-6-7-11-16(20-12-4-2)17-13-14-9-8-10-15(19)18(14)21-17/h8-10,13,16,20H,3-7,11-12H2,1-2H3. The maximum atomic E-state index is 13.8. The van der Waals surface area contributed by atoms with Crippen molar-refractivity contribution in [1.29, 1.82) is 0 Å². The SMILES string of the molecule is CCCCCCC(NCCC)c1cc2cccc(F)c2o1. The molecule has 0 saturated carbocycles. The van der Waals surface area contributed by atoms with Crippen molar-refractivity contribution >= 4 is 11.0 Å². The predicted molar refractivity (Wildman–Crippen MR) is 86.0 cm³/mol. The Morgan fingerprint density at radius 3 is 2.71 bits per heavy atom. The molecule has 0 saturated heterocycles. The molecular weight excluding hydrogens is 265 g/mol. The van der Waals surface area contributed by atoms with Crippen molar-refractivity contribution in [3.8, 4) is 0 Å². The summed E-state index contributed by atoms with van der Waals surface area (Å²) in [7, 11) is 0. The van der Waals surface area contributed by atoms with Crippen molar-refractivity contribution in [3.63, 3.8) is 0 Å². The third kappa shape index (κ3) is 4.31. The third-order valence-electron chi connectivity index (χ3n) is 3.85. The third-order valence-corrected chi connectivity index (χ3v) is 3.85. The first-order valence-electron chi connectivity index (χ1n) is 8.17. The number of para-hydroxylation sites is 1. The highest BCUT2D eigenvalue weighted by Gasteiger charge is 2.16. The average molecular weight is 291 g/mol. The quantitative estimate of drug-likeness (QED) is 0.610. The molecule has 2 rings (SSSR count). The van der Waals surface area contributed by atoms with E-state index in [4.69, 9.17) is 4.42 Å². The molecule has 0 aliphatic carbocycles. The number of hydrogen-bond donors (Lipinski definition) is 1. The van der Waals surface area contributed by atoms with Gasteiger partial charge in [-0.3, -0.25) is 0 Å². The highest BCUT2D eigenvalue weighted by Crippen LogP contribution is 2.28. The molecule has 1 aromatic heterocycles. The van der Waals surface area contributed by atoms with Gasteiger partial charge in [0.1, 0.15) is 5.76 Å². The van der Waals surface area contributed by atoms with Crippen LogP contribution in [0.3, 0.4) is 0 Å². The lowest BCUT2D eigenvalue weighted by atomic mass is 10.0. The maximum Gasteiger partial charge on any atom is 0.169 e. The highest BCUT2D eigenvalue weighted by molar-refractivity contribution is 5.78. The first kappa shape index (κ1) is 16.0. The normalized spacial score (nSPS) is 12.9. The summed E-state index contributed by atoms with van der Waals surface area (Å²) in [6.45, 7) is 5.33. The number of benzene rings is 1. The summed E-state index contributed by atoms with van der Waals surface area (Å²) in [5.41, 5.74) is 0.379. The van der Waals surface area contributed by atoms with E-state index in [2.05, 4.69) is 19.2 Å². The average Bonchev–Trinajstić information content (AvgIpc) is 2.92. The van der Waals surface area contributed by atoms with E-state index in [9.17, 15) is 4.39 Å². The Kier molecular flexibility index (Phi) is 6.24. The first-order valence-corrected chi connectivity index (χ1v) is 8.17. The number of furan rings is 1. The summed E-state index contributed by atoms with van der Waals surface area (Å²) in [5.74, 6) is 0.582. The van der Waals surface area contributed by atoms with E-state index in [0.29, 0.717) is 5.58 Å². The number of rotatable bonds is 9. The molecule has 0 amide bonds. The Morgan fingerprint density at radius 2 is 2.00 bits per heavy atom. The fourth-order valence-electron chi connectivity index (χ4n) is 2.66. The molecule has 0 fully saturated rings. The number of nitrogens with one attached hydrogen (secondary N) is 1. The van der Waals surface area contributed by atoms with Crippen molar-refractivity contribution in [2.24, 2.45) is 0 Å².